The highest BCUT2D eigenvalue weighted by Gasteiger charge is 2.14. The Kier molecular flexibility index (Phi) is 8.10. The zero-order valence-electron chi connectivity index (χ0n) is 16.3. The van der Waals surface area contributed by atoms with Crippen LogP contribution in [-0.4, -0.2) is 51.2 Å². The first-order valence-corrected chi connectivity index (χ1v) is 9.01. The van der Waals surface area contributed by atoms with Gasteiger partial charge in [-0.05, 0) is 43.8 Å². The number of nitrogens with one attached hydrogen (secondary N) is 1. The summed E-state index contributed by atoms with van der Waals surface area (Å²) < 4.78 is 11.2. The van der Waals surface area contributed by atoms with E-state index in [-0.39, 0.29) is 5.91 Å². The molecule has 2 rings (SSSR count). The Bertz CT molecular complexity index is 720. The molecule has 0 bridgehead atoms. The van der Waals surface area contributed by atoms with Crippen LogP contribution in [0.4, 0.5) is 0 Å². The third-order valence-corrected chi connectivity index (χ3v) is 4.13. The van der Waals surface area contributed by atoms with Crippen molar-refractivity contribution in [3.8, 4) is 11.5 Å². The molecule has 1 atom stereocenters. The molecule has 0 saturated heterocycles. The molecule has 3 N–H and O–H groups in total. The quantitative estimate of drug-likeness (QED) is 0.666. The smallest absolute Gasteiger partial charge is 0.237 e. The summed E-state index contributed by atoms with van der Waals surface area (Å²) in [4.78, 5) is 14.3. The van der Waals surface area contributed by atoms with Gasteiger partial charge < -0.3 is 25.4 Å². The number of rotatable bonds is 10. The molecule has 1 amide bonds. The maximum absolute atomic E-state index is 12.3. The second-order valence-corrected chi connectivity index (χ2v) is 6.65. The molecule has 0 fully saturated rings. The van der Waals surface area contributed by atoms with Crippen molar-refractivity contribution in [2.24, 2.45) is 5.73 Å². The number of carbonyl (C=O) groups excluding carboxylic acids is 1. The van der Waals surface area contributed by atoms with Gasteiger partial charge in [-0.2, -0.15) is 0 Å². The Balaban J connectivity index is 1.88. The lowest BCUT2D eigenvalue weighted by Gasteiger charge is -2.15. The standard InChI is InChI=1S/C21H29N3O3/c1-24(2)11-12-27-19-10-9-17(14-20(19)26-3)15-23-21(25)18(22)13-16-7-5-4-6-8-16/h4-10,14,18H,11-13,15,22H2,1-3H3,(H,23,25). The van der Waals surface area contributed by atoms with E-state index in [1.54, 1.807) is 7.11 Å². The number of carbonyl (C=O) groups is 1. The Labute approximate surface area is 161 Å². The van der Waals surface area contributed by atoms with Gasteiger partial charge in [-0.15, -0.1) is 0 Å². The van der Waals surface area contributed by atoms with Crippen LogP contribution < -0.4 is 20.5 Å². The summed E-state index contributed by atoms with van der Waals surface area (Å²) in [6.07, 6.45) is 0.509. The number of benzene rings is 2. The molecule has 0 aliphatic carbocycles. The predicted molar refractivity (Wildman–Crippen MR) is 107 cm³/mol. The van der Waals surface area contributed by atoms with Crippen LogP contribution in [0, 0.1) is 0 Å². The minimum Gasteiger partial charge on any atom is -0.493 e. The highest BCUT2D eigenvalue weighted by Crippen LogP contribution is 2.28. The summed E-state index contributed by atoms with van der Waals surface area (Å²) in [7, 11) is 5.59. The molecule has 0 spiro atoms. The van der Waals surface area contributed by atoms with Crippen molar-refractivity contribution >= 4 is 5.91 Å². The number of methoxy groups -OCH3 is 1. The molecular formula is C21H29N3O3. The first kappa shape index (κ1) is 20.7. The van der Waals surface area contributed by atoms with Crippen LogP contribution in [0.25, 0.3) is 0 Å². The van der Waals surface area contributed by atoms with Crippen LogP contribution in [0.15, 0.2) is 48.5 Å². The van der Waals surface area contributed by atoms with E-state index in [1.807, 2.05) is 62.6 Å². The van der Waals surface area contributed by atoms with E-state index < -0.39 is 6.04 Å². The molecule has 1 unspecified atom stereocenters. The zero-order valence-corrected chi connectivity index (χ0v) is 16.3. The van der Waals surface area contributed by atoms with E-state index in [0.717, 1.165) is 17.7 Å². The van der Waals surface area contributed by atoms with Crippen molar-refractivity contribution in [3.05, 3.63) is 59.7 Å². The Morgan fingerprint density at radius 1 is 1.11 bits per heavy atom. The molecule has 146 valence electrons. The molecular weight excluding hydrogens is 342 g/mol. The van der Waals surface area contributed by atoms with Crippen molar-refractivity contribution in [1.29, 1.82) is 0 Å². The van der Waals surface area contributed by atoms with Crippen molar-refractivity contribution in [2.45, 2.75) is 19.0 Å². The fraction of sp³-hybridized carbons (Fsp3) is 0.381. The lowest BCUT2D eigenvalue weighted by atomic mass is 10.1. The van der Waals surface area contributed by atoms with Crippen LogP contribution in [0.1, 0.15) is 11.1 Å². The fourth-order valence-electron chi connectivity index (χ4n) is 2.56. The lowest BCUT2D eigenvalue weighted by molar-refractivity contribution is -0.122. The second kappa shape index (κ2) is 10.5. The Hall–Kier alpha value is -2.57. The molecule has 2 aromatic rings. The predicted octanol–water partition coefficient (Wildman–Crippen LogP) is 1.82. The molecule has 27 heavy (non-hydrogen) atoms. The zero-order chi connectivity index (χ0) is 19.6. The normalized spacial score (nSPS) is 11.9. The number of ether oxygens (including phenoxy) is 2. The van der Waals surface area contributed by atoms with Crippen LogP contribution in [-0.2, 0) is 17.8 Å². The molecule has 6 nitrogen and oxygen atoms in total. The highest BCUT2D eigenvalue weighted by atomic mass is 16.5. The first-order valence-electron chi connectivity index (χ1n) is 9.01. The van der Waals surface area contributed by atoms with Gasteiger partial charge in [0.05, 0.1) is 13.2 Å². The van der Waals surface area contributed by atoms with Gasteiger partial charge in [0.15, 0.2) is 11.5 Å². The van der Waals surface area contributed by atoms with E-state index >= 15 is 0 Å². The van der Waals surface area contributed by atoms with Crippen LogP contribution in [0.3, 0.4) is 0 Å². The summed E-state index contributed by atoms with van der Waals surface area (Å²) in [6.45, 7) is 1.78. The molecule has 6 heteroatoms. The topological polar surface area (TPSA) is 76.8 Å². The Morgan fingerprint density at radius 3 is 2.52 bits per heavy atom. The maximum Gasteiger partial charge on any atom is 0.237 e. The number of likely N-dealkylation sites (N-methyl/N-ethyl adjacent to an activating group) is 1. The summed E-state index contributed by atoms with van der Waals surface area (Å²) in [5.74, 6) is 1.16. The number of nitrogens with zero attached hydrogens (tertiary/aromatic N) is 1. The second-order valence-electron chi connectivity index (χ2n) is 6.65. The molecule has 2 aromatic carbocycles. The van der Waals surface area contributed by atoms with E-state index in [1.165, 1.54) is 0 Å². The van der Waals surface area contributed by atoms with Gasteiger partial charge in [-0.3, -0.25) is 4.79 Å². The molecule has 0 aliphatic rings. The van der Waals surface area contributed by atoms with Crippen LogP contribution in [0.2, 0.25) is 0 Å². The first-order chi connectivity index (χ1) is 13.0. The number of nitrogens with two attached hydrogens (primary N) is 1. The third-order valence-electron chi connectivity index (χ3n) is 4.13. The van der Waals surface area contributed by atoms with Gasteiger partial charge >= 0.3 is 0 Å². The van der Waals surface area contributed by atoms with Gasteiger partial charge in [0.25, 0.3) is 0 Å². The van der Waals surface area contributed by atoms with E-state index in [9.17, 15) is 4.79 Å². The fourth-order valence-corrected chi connectivity index (χ4v) is 2.56. The van der Waals surface area contributed by atoms with Crippen LogP contribution in [0.5, 0.6) is 11.5 Å². The van der Waals surface area contributed by atoms with Gasteiger partial charge in [-0.25, -0.2) is 0 Å². The maximum atomic E-state index is 12.3. The lowest BCUT2D eigenvalue weighted by Crippen LogP contribution is -2.41. The SMILES string of the molecule is COc1cc(CNC(=O)C(N)Cc2ccccc2)ccc1OCCN(C)C. The van der Waals surface area contributed by atoms with E-state index in [4.69, 9.17) is 15.2 Å². The average Bonchev–Trinajstić information content (AvgIpc) is 2.67. The minimum absolute atomic E-state index is 0.177. The van der Waals surface area contributed by atoms with Gasteiger partial charge in [0.1, 0.15) is 6.61 Å². The summed E-state index contributed by atoms with van der Waals surface area (Å²) >= 11 is 0. The van der Waals surface area contributed by atoms with Gasteiger partial charge in [-0.1, -0.05) is 36.4 Å². The van der Waals surface area contributed by atoms with Crippen molar-refractivity contribution in [2.75, 3.05) is 34.4 Å². The highest BCUT2D eigenvalue weighted by molar-refractivity contribution is 5.81. The van der Waals surface area contributed by atoms with Gasteiger partial charge in [0.2, 0.25) is 5.91 Å². The van der Waals surface area contributed by atoms with Crippen molar-refractivity contribution in [3.63, 3.8) is 0 Å². The Morgan fingerprint density at radius 2 is 1.85 bits per heavy atom. The third kappa shape index (κ3) is 6.92. The van der Waals surface area contributed by atoms with Gasteiger partial charge in [0, 0.05) is 13.1 Å². The number of hydrogen-bond acceptors (Lipinski definition) is 5. The van der Waals surface area contributed by atoms with E-state index in [2.05, 4.69) is 10.2 Å². The number of hydrogen-bond donors (Lipinski definition) is 2. The average molecular weight is 371 g/mol. The largest absolute Gasteiger partial charge is 0.493 e. The van der Waals surface area contributed by atoms with Crippen molar-refractivity contribution in [1.82, 2.24) is 10.2 Å². The van der Waals surface area contributed by atoms with Crippen LogP contribution >= 0.6 is 0 Å². The molecule has 0 aliphatic heterocycles. The van der Waals surface area contributed by atoms with E-state index in [0.29, 0.717) is 31.1 Å². The monoisotopic (exact) mass is 371 g/mol. The molecule has 0 aromatic heterocycles. The van der Waals surface area contributed by atoms with Crippen molar-refractivity contribution < 1.29 is 14.3 Å². The molecule has 0 heterocycles. The number of amides is 1. The molecule has 0 saturated carbocycles. The minimum atomic E-state index is -0.581. The molecule has 0 radical (unpaired) electrons. The summed E-state index contributed by atoms with van der Waals surface area (Å²) in [5.41, 5.74) is 7.98. The summed E-state index contributed by atoms with van der Waals surface area (Å²) in [6, 6.07) is 14.8. The summed E-state index contributed by atoms with van der Waals surface area (Å²) in [5, 5.41) is 2.88.